The second kappa shape index (κ2) is 6.62. The number of rotatable bonds is 5. The van der Waals surface area contributed by atoms with Crippen molar-refractivity contribution in [2.75, 3.05) is 17.7 Å². The molecule has 2 aromatic rings. The number of nitrogen functional groups attached to an aromatic ring is 1. The van der Waals surface area contributed by atoms with Crippen molar-refractivity contribution in [3.8, 4) is 11.8 Å². The molecule has 0 aliphatic rings. The molecule has 0 aliphatic heterocycles. The Balaban J connectivity index is 2.28. The van der Waals surface area contributed by atoms with Gasteiger partial charge in [-0.05, 0) is 30.7 Å². The monoisotopic (exact) mass is 285 g/mol. The van der Waals surface area contributed by atoms with E-state index in [-0.39, 0.29) is 5.56 Å². The highest BCUT2D eigenvalue weighted by atomic mass is 19.1. The topological polar surface area (TPSA) is 71.1 Å². The van der Waals surface area contributed by atoms with Crippen LogP contribution >= 0.6 is 0 Å². The van der Waals surface area contributed by atoms with E-state index in [0.717, 1.165) is 6.42 Å². The van der Waals surface area contributed by atoms with Crippen LogP contribution in [0.4, 0.5) is 21.5 Å². The summed E-state index contributed by atoms with van der Waals surface area (Å²) in [5.41, 5.74) is 7.44. The van der Waals surface area contributed by atoms with Crippen LogP contribution in [0, 0.1) is 17.1 Å². The number of ether oxygens (including phenoxy) is 1. The molecule has 0 aliphatic carbocycles. The fraction of sp³-hybridized carbons (Fsp3) is 0.188. The van der Waals surface area contributed by atoms with Gasteiger partial charge in [-0.3, -0.25) is 0 Å². The molecule has 0 unspecified atom stereocenters. The summed E-state index contributed by atoms with van der Waals surface area (Å²) in [4.78, 5) is 0. The minimum Gasteiger partial charge on any atom is -0.491 e. The molecule has 0 spiro atoms. The van der Waals surface area contributed by atoms with Crippen molar-refractivity contribution in [2.24, 2.45) is 0 Å². The molecule has 4 nitrogen and oxygen atoms in total. The second-order valence-electron chi connectivity index (χ2n) is 4.50. The van der Waals surface area contributed by atoms with E-state index in [0.29, 0.717) is 29.4 Å². The Morgan fingerprint density at radius 2 is 2.14 bits per heavy atom. The van der Waals surface area contributed by atoms with Crippen molar-refractivity contribution < 1.29 is 9.13 Å². The predicted octanol–water partition coefficient (Wildman–Crippen LogP) is 3.81. The summed E-state index contributed by atoms with van der Waals surface area (Å²) in [5.74, 6) is 0.0113. The summed E-state index contributed by atoms with van der Waals surface area (Å²) >= 11 is 0. The molecule has 0 saturated carbocycles. The zero-order chi connectivity index (χ0) is 15.2. The van der Waals surface area contributed by atoms with Crippen LogP contribution in [0.2, 0.25) is 0 Å². The molecule has 0 fully saturated rings. The summed E-state index contributed by atoms with van der Waals surface area (Å²) < 4.78 is 19.1. The lowest BCUT2D eigenvalue weighted by Crippen LogP contribution is -2.01. The lowest BCUT2D eigenvalue weighted by molar-refractivity contribution is 0.319. The highest BCUT2D eigenvalue weighted by Crippen LogP contribution is 2.29. The van der Waals surface area contributed by atoms with E-state index in [1.54, 1.807) is 30.3 Å². The minimum absolute atomic E-state index is 0.0228. The van der Waals surface area contributed by atoms with Crippen LogP contribution in [-0.2, 0) is 0 Å². The first-order chi connectivity index (χ1) is 10.2. The van der Waals surface area contributed by atoms with Crippen molar-refractivity contribution >= 4 is 17.1 Å². The Hall–Kier alpha value is -2.74. The van der Waals surface area contributed by atoms with Gasteiger partial charge in [-0.25, -0.2) is 4.39 Å². The van der Waals surface area contributed by atoms with Gasteiger partial charge in [0.25, 0.3) is 0 Å². The quantitative estimate of drug-likeness (QED) is 0.819. The third kappa shape index (κ3) is 3.42. The summed E-state index contributed by atoms with van der Waals surface area (Å²) in [5, 5.41) is 12.0. The first kappa shape index (κ1) is 14.7. The smallest absolute Gasteiger partial charge is 0.144 e. The zero-order valence-electron chi connectivity index (χ0n) is 11.7. The number of hydrogen-bond donors (Lipinski definition) is 2. The standard InChI is InChI=1S/C16H16FN3O/c1-2-8-21-16-9-11(6-7-14(16)19)20-15-5-3-4-13(17)12(15)10-18/h3-7,9,20H,2,8,19H2,1H3. The Morgan fingerprint density at radius 1 is 1.33 bits per heavy atom. The summed E-state index contributed by atoms with van der Waals surface area (Å²) in [6.45, 7) is 2.57. The van der Waals surface area contributed by atoms with Gasteiger partial charge in [0.15, 0.2) is 0 Å². The number of nitrogens with zero attached hydrogens (tertiary/aromatic N) is 1. The van der Waals surface area contributed by atoms with Crippen molar-refractivity contribution in [3.05, 3.63) is 47.8 Å². The highest BCUT2D eigenvalue weighted by molar-refractivity contribution is 5.70. The second-order valence-corrected chi connectivity index (χ2v) is 4.50. The molecule has 0 saturated heterocycles. The molecule has 21 heavy (non-hydrogen) atoms. The first-order valence-electron chi connectivity index (χ1n) is 6.63. The van der Waals surface area contributed by atoms with Gasteiger partial charge in [-0.2, -0.15) is 5.26 Å². The van der Waals surface area contributed by atoms with Gasteiger partial charge < -0.3 is 15.8 Å². The van der Waals surface area contributed by atoms with E-state index in [2.05, 4.69) is 5.32 Å². The number of nitrogens with one attached hydrogen (secondary N) is 1. The maximum Gasteiger partial charge on any atom is 0.144 e. The third-order valence-corrected chi connectivity index (χ3v) is 2.88. The molecular formula is C16H16FN3O. The van der Waals surface area contributed by atoms with E-state index in [4.69, 9.17) is 15.7 Å². The summed E-state index contributed by atoms with van der Waals surface area (Å²) in [7, 11) is 0. The maximum atomic E-state index is 13.6. The zero-order valence-corrected chi connectivity index (χ0v) is 11.7. The molecule has 108 valence electrons. The third-order valence-electron chi connectivity index (χ3n) is 2.88. The lowest BCUT2D eigenvalue weighted by atomic mass is 10.1. The molecule has 0 amide bonds. The Labute approximate surface area is 123 Å². The average molecular weight is 285 g/mol. The fourth-order valence-electron chi connectivity index (χ4n) is 1.85. The van der Waals surface area contributed by atoms with Gasteiger partial charge in [0.2, 0.25) is 0 Å². The molecule has 0 aromatic heterocycles. The van der Waals surface area contributed by atoms with Crippen molar-refractivity contribution in [3.63, 3.8) is 0 Å². The van der Waals surface area contributed by atoms with Gasteiger partial charge in [0, 0.05) is 11.8 Å². The Morgan fingerprint density at radius 3 is 2.86 bits per heavy atom. The van der Waals surface area contributed by atoms with Gasteiger partial charge >= 0.3 is 0 Å². The van der Waals surface area contributed by atoms with Crippen molar-refractivity contribution in [2.45, 2.75) is 13.3 Å². The molecule has 2 aromatic carbocycles. The van der Waals surface area contributed by atoms with Crippen LogP contribution in [0.25, 0.3) is 0 Å². The number of anilines is 3. The van der Waals surface area contributed by atoms with Crippen molar-refractivity contribution in [1.29, 1.82) is 5.26 Å². The maximum absolute atomic E-state index is 13.6. The van der Waals surface area contributed by atoms with Crippen LogP contribution in [0.15, 0.2) is 36.4 Å². The molecule has 0 radical (unpaired) electrons. The SMILES string of the molecule is CCCOc1cc(Nc2cccc(F)c2C#N)ccc1N. The van der Waals surface area contributed by atoms with E-state index >= 15 is 0 Å². The van der Waals surface area contributed by atoms with Gasteiger partial charge in [0.05, 0.1) is 18.0 Å². The van der Waals surface area contributed by atoms with Crippen LogP contribution in [-0.4, -0.2) is 6.61 Å². The number of halogens is 1. The molecule has 5 heteroatoms. The molecule has 0 bridgehead atoms. The average Bonchev–Trinajstić information content (AvgIpc) is 2.48. The van der Waals surface area contributed by atoms with E-state index in [9.17, 15) is 4.39 Å². The van der Waals surface area contributed by atoms with Gasteiger partial charge in [-0.15, -0.1) is 0 Å². The van der Waals surface area contributed by atoms with Crippen molar-refractivity contribution in [1.82, 2.24) is 0 Å². The summed E-state index contributed by atoms with van der Waals surface area (Å²) in [6.07, 6.45) is 0.875. The molecule has 0 heterocycles. The highest BCUT2D eigenvalue weighted by Gasteiger charge is 2.09. The number of nitrogens with two attached hydrogens (primary N) is 1. The van der Waals surface area contributed by atoms with Crippen LogP contribution in [0.3, 0.4) is 0 Å². The fourth-order valence-corrected chi connectivity index (χ4v) is 1.85. The number of hydrogen-bond acceptors (Lipinski definition) is 4. The Kier molecular flexibility index (Phi) is 4.62. The normalized spacial score (nSPS) is 9.95. The minimum atomic E-state index is -0.555. The van der Waals surface area contributed by atoms with Crippen LogP contribution in [0.5, 0.6) is 5.75 Å². The number of nitriles is 1. The molecule has 3 N–H and O–H groups in total. The lowest BCUT2D eigenvalue weighted by Gasteiger charge is -2.12. The van der Waals surface area contributed by atoms with Gasteiger partial charge in [0.1, 0.15) is 23.2 Å². The van der Waals surface area contributed by atoms with E-state index < -0.39 is 5.82 Å². The van der Waals surface area contributed by atoms with Crippen LogP contribution in [0.1, 0.15) is 18.9 Å². The first-order valence-corrected chi connectivity index (χ1v) is 6.63. The van der Waals surface area contributed by atoms with E-state index in [1.165, 1.54) is 6.07 Å². The predicted molar refractivity (Wildman–Crippen MR) is 81.0 cm³/mol. The summed E-state index contributed by atoms with van der Waals surface area (Å²) in [6, 6.07) is 11.5. The van der Waals surface area contributed by atoms with Gasteiger partial charge in [-0.1, -0.05) is 13.0 Å². The largest absolute Gasteiger partial charge is 0.491 e. The van der Waals surface area contributed by atoms with E-state index in [1.807, 2.05) is 13.0 Å². The number of benzene rings is 2. The Bertz CT molecular complexity index is 680. The van der Waals surface area contributed by atoms with Crippen LogP contribution < -0.4 is 15.8 Å². The molecule has 2 rings (SSSR count). The molecular weight excluding hydrogens is 269 g/mol. The molecule has 0 atom stereocenters.